The topological polar surface area (TPSA) is 52.8 Å². The van der Waals surface area contributed by atoms with E-state index in [4.69, 9.17) is 4.74 Å². The van der Waals surface area contributed by atoms with Crippen LogP contribution in [0.3, 0.4) is 0 Å². The Kier molecular flexibility index (Phi) is 4.32. The van der Waals surface area contributed by atoms with Gasteiger partial charge in [0.25, 0.3) is 0 Å². The van der Waals surface area contributed by atoms with Crippen LogP contribution in [0.5, 0.6) is 5.75 Å². The van der Waals surface area contributed by atoms with Crippen LogP contribution >= 0.6 is 0 Å². The molecule has 0 saturated carbocycles. The van der Waals surface area contributed by atoms with Crippen LogP contribution in [0.15, 0.2) is 42.5 Å². The molecule has 118 valence electrons. The third-order valence-electron chi connectivity index (χ3n) is 3.31. The highest BCUT2D eigenvalue weighted by molar-refractivity contribution is 5.53. The van der Waals surface area contributed by atoms with Gasteiger partial charge < -0.3 is 4.74 Å². The monoisotopic (exact) mass is 312 g/mol. The molecule has 0 fully saturated rings. The van der Waals surface area contributed by atoms with Crippen LogP contribution in [-0.4, -0.2) is 26.8 Å². The Labute approximate surface area is 133 Å². The minimum Gasteiger partial charge on any atom is -0.492 e. The lowest BCUT2D eigenvalue weighted by Gasteiger charge is -2.07. The van der Waals surface area contributed by atoms with Crippen LogP contribution in [0.4, 0.5) is 4.39 Å². The molecule has 0 unspecified atom stereocenters. The molecule has 5 nitrogen and oxygen atoms in total. The van der Waals surface area contributed by atoms with E-state index in [0.29, 0.717) is 19.0 Å². The quantitative estimate of drug-likeness (QED) is 0.726. The Bertz CT molecular complexity index is 778. The van der Waals surface area contributed by atoms with Gasteiger partial charge in [-0.15, -0.1) is 10.2 Å². The molecule has 3 rings (SSSR count). The molecule has 0 aliphatic rings. The van der Waals surface area contributed by atoms with E-state index in [1.807, 2.05) is 26.0 Å². The maximum Gasteiger partial charge on any atom is 0.204 e. The van der Waals surface area contributed by atoms with E-state index in [2.05, 4.69) is 21.5 Å². The second-order valence-corrected chi connectivity index (χ2v) is 5.39. The predicted molar refractivity (Wildman–Crippen MR) is 84.6 cm³/mol. The zero-order valence-electron chi connectivity index (χ0n) is 13.0. The van der Waals surface area contributed by atoms with E-state index >= 15 is 0 Å². The summed E-state index contributed by atoms with van der Waals surface area (Å²) in [6.07, 6.45) is 0. The van der Waals surface area contributed by atoms with Crippen LogP contribution in [0.25, 0.3) is 11.4 Å². The van der Waals surface area contributed by atoms with Crippen molar-refractivity contribution in [2.75, 3.05) is 6.61 Å². The van der Waals surface area contributed by atoms with Crippen molar-refractivity contribution in [2.45, 2.75) is 20.4 Å². The summed E-state index contributed by atoms with van der Waals surface area (Å²) in [7, 11) is 0. The van der Waals surface area contributed by atoms with Gasteiger partial charge in [-0.05, 0) is 66.6 Å². The van der Waals surface area contributed by atoms with Gasteiger partial charge >= 0.3 is 0 Å². The van der Waals surface area contributed by atoms with Crippen molar-refractivity contribution in [1.82, 2.24) is 20.2 Å². The number of rotatable bonds is 5. The molecule has 0 spiro atoms. The summed E-state index contributed by atoms with van der Waals surface area (Å²) in [5, 5.41) is 12.2. The molecule has 3 aromatic rings. The molecular weight excluding hydrogens is 295 g/mol. The molecular formula is C17H17FN4O. The van der Waals surface area contributed by atoms with Gasteiger partial charge in [0.15, 0.2) is 0 Å². The highest BCUT2D eigenvalue weighted by Crippen LogP contribution is 2.16. The van der Waals surface area contributed by atoms with E-state index in [0.717, 1.165) is 22.4 Å². The molecule has 0 aliphatic heterocycles. The minimum atomic E-state index is -0.289. The van der Waals surface area contributed by atoms with E-state index in [1.54, 1.807) is 12.1 Å². The van der Waals surface area contributed by atoms with E-state index in [1.165, 1.54) is 16.9 Å². The number of nitrogens with zero attached hydrogens (tertiary/aromatic N) is 4. The fraction of sp³-hybridized carbons (Fsp3) is 0.235. The Morgan fingerprint density at radius 2 is 1.74 bits per heavy atom. The Hall–Kier alpha value is -2.76. The predicted octanol–water partition coefficient (Wildman–Crippen LogP) is 3.18. The fourth-order valence-electron chi connectivity index (χ4n) is 2.31. The SMILES string of the molecule is Cc1cc(C)cc(OCCn2nnc(-c3ccc(F)cc3)n2)c1. The summed E-state index contributed by atoms with van der Waals surface area (Å²) >= 11 is 0. The third-order valence-corrected chi connectivity index (χ3v) is 3.31. The third kappa shape index (κ3) is 3.91. The first-order valence-electron chi connectivity index (χ1n) is 7.35. The van der Waals surface area contributed by atoms with Crippen molar-refractivity contribution in [3.8, 4) is 17.1 Å². The zero-order chi connectivity index (χ0) is 16.2. The lowest BCUT2D eigenvalue weighted by Crippen LogP contribution is -2.11. The van der Waals surface area contributed by atoms with Gasteiger partial charge in [-0.3, -0.25) is 0 Å². The van der Waals surface area contributed by atoms with Crippen molar-refractivity contribution in [3.05, 3.63) is 59.4 Å². The van der Waals surface area contributed by atoms with Crippen molar-refractivity contribution < 1.29 is 9.13 Å². The average Bonchev–Trinajstić information content (AvgIpc) is 2.96. The number of aromatic nitrogens is 4. The van der Waals surface area contributed by atoms with Gasteiger partial charge in [0, 0.05) is 5.56 Å². The summed E-state index contributed by atoms with van der Waals surface area (Å²) < 4.78 is 18.6. The molecule has 0 aliphatic carbocycles. The van der Waals surface area contributed by atoms with Gasteiger partial charge in [-0.1, -0.05) is 6.07 Å². The Morgan fingerprint density at radius 3 is 2.43 bits per heavy atom. The van der Waals surface area contributed by atoms with Gasteiger partial charge in [0.1, 0.15) is 18.2 Å². The number of benzene rings is 2. The smallest absolute Gasteiger partial charge is 0.204 e. The van der Waals surface area contributed by atoms with E-state index < -0.39 is 0 Å². The molecule has 1 heterocycles. The molecule has 23 heavy (non-hydrogen) atoms. The normalized spacial score (nSPS) is 10.7. The second-order valence-electron chi connectivity index (χ2n) is 5.39. The van der Waals surface area contributed by atoms with Crippen molar-refractivity contribution in [2.24, 2.45) is 0 Å². The highest BCUT2D eigenvalue weighted by atomic mass is 19.1. The molecule has 0 radical (unpaired) electrons. The summed E-state index contributed by atoms with van der Waals surface area (Å²) in [5.74, 6) is 1.01. The maximum atomic E-state index is 12.9. The second kappa shape index (κ2) is 6.56. The molecule has 0 amide bonds. The van der Waals surface area contributed by atoms with Crippen LogP contribution in [-0.2, 0) is 6.54 Å². The van der Waals surface area contributed by atoms with Crippen LogP contribution < -0.4 is 4.74 Å². The molecule has 0 saturated heterocycles. The van der Waals surface area contributed by atoms with Gasteiger partial charge in [-0.25, -0.2) is 4.39 Å². The average molecular weight is 312 g/mol. The van der Waals surface area contributed by atoms with Crippen molar-refractivity contribution in [3.63, 3.8) is 0 Å². The minimum absolute atomic E-state index is 0.289. The summed E-state index contributed by atoms with van der Waals surface area (Å²) in [6.45, 7) is 5.00. The zero-order valence-corrected chi connectivity index (χ0v) is 13.0. The number of halogens is 1. The molecule has 1 aromatic heterocycles. The first kappa shape index (κ1) is 15.1. The van der Waals surface area contributed by atoms with Crippen LogP contribution in [0.2, 0.25) is 0 Å². The van der Waals surface area contributed by atoms with Crippen molar-refractivity contribution >= 4 is 0 Å². The number of ether oxygens (including phenoxy) is 1. The van der Waals surface area contributed by atoms with Crippen LogP contribution in [0.1, 0.15) is 11.1 Å². The molecule has 2 aromatic carbocycles. The van der Waals surface area contributed by atoms with E-state index in [-0.39, 0.29) is 5.82 Å². The van der Waals surface area contributed by atoms with Gasteiger partial charge in [0.2, 0.25) is 5.82 Å². The van der Waals surface area contributed by atoms with E-state index in [9.17, 15) is 4.39 Å². The Balaban J connectivity index is 1.60. The summed E-state index contributed by atoms with van der Waals surface area (Å²) in [4.78, 5) is 1.47. The molecule has 6 heteroatoms. The van der Waals surface area contributed by atoms with Crippen molar-refractivity contribution in [1.29, 1.82) is 0 Å². The van der Waals surface area contributed by atoms with Gasteiger partial charge in [0.05, 0.1) is 6.54 Å². The fourth-order valence-corrected chi connectivity index (χ4v) is 2.31. The first-order chi connectivity index (χ1) is 11.1. The number of aryl methyl sites for hydroxylation is 2. The van der Waals surface area contributed by atoms with Gasteiger partial charge in [-0.2, -0.15) is 4.80 Å². The standard InChI is InChI=1S/C17H17FN4O/c1-12-9-13(2)11-16(10-12)23-8-7-22-20-17(19-21-22)14-3-5-15(18)6-4-14/h3-6,9-11H,7-8H2,1-2H3. The maximum absolute atomic E-state index is 12.9. The lowest BCUT2D eigenvalue weighted by atomic mass is 10.1. The largest absolute Gasteiger partial charge is 0.492 e. The summed E-state index contributed by atoms with van der Waals surface area (Å²) in [6, 6.07) is 12.1. The number of hydrogen-bond donors (Lipinski definition) is 0. The van der Waals surface area contributed by atoms with Crippen LogP contribution in [0, 0.1) is 19.7 Å². The highest BCUT2D eigenvalue weighted by Gasteiger charge is 2.06. The lowest BCUT2D eigenvalue weighted by molar-refractivity contribution is 0.280. The number of tetrazole rings is 1. The molecule has 0 N–H and O–H groups in total. The Morgan fingerprint density at radius 1 is 1.04 bits per heavy atom. The summed E-state index contributed by atoms with van der Waals surface area (Å²) in [5.41, 5.74) is 3.06. The molecule has 0 bridgehead atoms. The first-order valence-corrected chi connectivity index (χ1v) is 7.35. The number of hydrogen-bond acceptors (Lipinski definition) is 4. The molecule has 0 atom stereocenters.